The Kier molecular flexibility index (Phi) is 6.39. The number of ether oxygens (including phenoxy) is 1. The van der Waals surface area contributed by atoms with Gasteiger partial charge in [-0.25, -0.2) is 0 Å². The van der Waals surface area contributed by atoms with E-state index in [1.165, 1.54) is 11.4 Å². The van der Waals surface area contributed by atoms with Gasteiger partial charge in [-0.05, 0) is 36.8 Å². The van der Waals surface area contributed by atoms with Gasteiger partial charge in [0.1, 0.15) is 0 Å². The molecule has 2 N–H and O–H groups in total. The van der Waals surface area contributed by atoms with E-state index in [1.54, 1.807) is 0 Å². The van der Waals surface area contributed by atoms with Gasteiger partial charge in [-0.1, -0.05) is 13.8 Å². The lowest BCUT2D eigenvalue weighted by Gasteiger charge is -2.55. The molecule has 5 nitrogen and oxygen atoms in total. The van der Waals surface area contributed by atoms with E-state index in [4.69, 9.17) is 4.74 Å². The van der Waals surface area contributed by atoms with E-state index in [-0.39, 0.29) is 29.4 Å². The number of thiophene rings is 1. The maximum absolute atomic E-state index is 5.90. The van der Waals surface area contributed by atoms with Crippen molar-refractivity contribution < 1.29 is 4.74 Å². The number of guanidine groups is 1. The Morgan fingerprint density at radius 1 is 1.27 bits per heavy atom. The van der Waals surface area contributed by atoms with E-state index in [0.29, 0.717) is 24.1 Å². The monoisotopic (exact) mass is 490 g/mol. The molecular formula is C19H31IN4OS. The highest BCUT2D eigenvalue weighted by Gasteiger charge is 2.59. The van der Waals surface area contributed by atoms with Crippen LogP contribution in [0.1, 0.15) is 33.1 Å². The van der Waals surface area contributed by atoms with E-state index in [0.717, 1.165) is 38.5 Å². The van der Waals surface area contributed by atoms with Gasteiger partial charge in [0, 0.05) is 50.2 Å². The Morgan fingerprint density at radius 2 is 2.04 bits per heavy atom. The highest BCUT2D eigenvalue weighted by atomic mass is 127. The molecule has 0 radical (unpaired) electrons. The quantitative estimate of drug-likeness (QED) is 0.388. The standard InChI is InChI=1S/C19H30N4OS.HI/c1-19(2)16(14-8-11-24-17(14)19)22-18(20-3)21-13-6-9-23(10-7-13)15-5-4-12-25-15;/h4-5,12-14,16-17H,6-11H2,1-3H3,(H2,20,21,22);1H. The van der Waals surface area contributed by atoms with Crippen molar-refractivity contribution in [2.45, 2.75) is 51.3 Å². The summed E-state index contributed by atoms with van der Waals surface area (Å²) in [6.45, 7) is 7.75. The third-order valence-corrected chi connectivity index (χ3v) is 7.20. The average Bonchev–Trinajstić information content (AvgIpc) is 3.29. The first-order valence-electron chi connectivity index (χ1n) is 9.49. The van der Waals surface area contributed by atoms with Crippen LogP contribution in [0.4, 0.5) is 5.00 Å². The first-order chi connectivity index (χ1) is 12.1. The zero-order valence-electron chi connectivity index (χ0n) is 15.9. The Bertz CT molecular complexity index is 613. The van der Waals surface area contributed by atoms with Gasteiger partial charge < -0.3 is 20.3 Å². The lowest BCUT2D eigenvalue weighted by molar-refractivity contribution is -0.106. The molecule has 7 heteroatoms. The minimum absolute atomic E-state index is 0. The molecule has 2 aliphatic heterocycles. The summed E-state index contributed by atoms with van der Waals surface area (Å²) in [5, 5.41) is 10.9. The number of hydrogen-bond donors (Lipinski definition) is 2. The van der Waals surface area contributed by atoms with Crippen LogP contribution in [0.3, 0.4) is 0 Å². The molecular weight excluding hydrogens is 459 g/mol. The SMILES string of the molecule is CN=C(NC1CCN(c2cccs2)CC1)NC1C2CCOC2C1(C)C.I. The number of fused-ring (bicyclic) bond motifs is 1. The van der Waals surface area contributed by atoms with Gasteiger partial charge in [0.05, 0.1) is 11.1 Å². The predicted octanol–water partition coefficient (Wildman–Crippen LogP) is 3.31. The van der Waals surface area contributed by atoms with Crippen molar-refractivity contribution in [3.8, 4) is 0 Å². The maximum Gasteiger partial charge on any atom is 0.191 e. The van der Waals surface area contributed by atoms with Crippen LogP contribution >= 0.6 is 35.3 Å². The Balaban J connectivity index is 0.00000196. The number of halogens is 1. The van der Waals surface area contributed by atoms with Crippen molar-refractivity contribution in [1.82, 2.24) is 10.6 Å². The number of anilines is 1. The highest BCUT2D eigenvalue weighted by molar-refractivity contribution is 14.0. The second-order valence-electron chi connectivity index (χ2n) is 8.12. The molecule has 3 heterocycles. The number of rotatable bonds is 3. The minimum Gasteiger partial charge on any atom is -0.377 e. The molecule has 1 saturated carbocycles. The van der Waals surface area contributed by atoms with Gasteiger partial charge in [0.2, 0.25) is 0 Å². The molecule has 4 rings (SSSR count). The first kappa shape index (κ1) is 20.2. The van der Waals surface area contributed by atoms with Gasteiger partial charge >= 0.3 is 0 Å². The largest absolute Gasteiger partial charge is 0.377 e. The van der Waals surface area contributed by atoms with Gasteiger partial charge in [0.25, 0.3) is 0 Å². The maximum atomic E-state index is 5.90. The normalized spacial score (nSPS) is 31.0. The van der Waals surface area contributed by atoms with E-state index in [9.17, 15) is 0 Å². The first-order valence-corrected chi connectivity index (χ1v) is 10.4. The molecule has 146 valence electrons. The number of nitrogens with zero attached hydrogens (tertiary/aromatic N) is 2. The minimum atomic E-state index is 0. The second kappa shape index (κ2) is 8.22. The summed E-state index contributed by atoms with van der Waals surface area (Å²) in [6.07, 6.45) is 3.89. The lowest BCUT2D eigenvalue weighted by Crippen LogP contribution is -2.68. The molecule has 0 aromatic carbocycles. The fraction of sp³-hybridized carbons (Fsp3) is 0.737. The third kappa shape index (κ3) is 3.71. The molecule has 0 bridgehead atoms. The van der Waals surface area contributed by atoms with Gasteiger partial charge in [-0.3, -0.25) is 4.99 Å². The summed E-state index contributed by atoms with van der Waals surface area (Å²) < 4.78 is 5.90. The van der Waals surface area contributed by atoms with Gasteiger partial charge in [-0.2, -0.15) is 0 Å². The van der Waals surface area contributed by atoms with Gasteiger partial charge in [0.15, 0.2) is 5.96 Å². The molecule has 3 aliphatic rings. The Morgan fingerprint density at radius 3 is 2.69 bits per heavy atom. The van der Waals surface area contributed by atoms with Crippen LogP contribution in [0, 0.1) is 11.3 Å². The summed E-state index contributed by atoms with van der Waals surface area (Å²) in [5.41, 5.74) is 0.182. The summed E-state index contributed by atoms with van der Waals surface area (Å²) in [7, 11) is 1.88. The van der Waals surface area contributed by atoms with Gasteiger partial charge in [-0.15, -0.1) is 35.3 Å². The van der Waals surface area contributed by atoms with Crippen molar-refractivity contribution in [3.63, 3.8) is 0 Å². The van der Waals surface area contributed by atoms with E-state index >= 15 is 0 Å². The molecule has 3 fully saturated rings. The van der Waals surface area contributed by atoms with Crippen LogP contribution in [0.15, 0.2) is 22.5 Å². The Labute approximate surface area is 178 Å². The summed E-state index contributed by atoms with van der Waals surface area (Å²) >= 11 is 1.83. The predicted molar refractivity (Wildman–Crippen MR) is 120 cm³/mol. The fourth-order valence-corrected chi connectivity index (χ4v) is 5.61. The topological polar surface area (TPSA) is 48.9 Å². The molecule has 3 atom stereocenters. The lowest BCUT2D eigenvalue weighted by atomic mass is 9.57. The van der Waals surface area contributed by atoms with Crippen LogP contribution in [0.5, 0.6) is 0 Å². The van der Waals surface area contributed by atoms with E-state index in [1.807, 2.05) is 18.4 Å². The second-order valence-corrected chi connectivity index (χ2v) is 9.04. The van der Waals surface area contributed by atoms with Crippen molar-refractivity contribution in [3.05, 3.63) is 17.5 Å². The number of hydrogen-bond acceptors (Lipinski definition) is 4. The molecule has 3 unspecified atom stereocenters. The average molecular weight is 490 g/mol. The van der Waals surface area contributed by atoms with Crippen LogP contribution in [0.2, 0.25) is 0 Å². The molecule has 2 saturated heterocycles. The number of piperidine rings is 1. The number of nitrogens with one attached hydrogen (secondary N) is 2. The van der Waals surface area contributed by atoms with Crippen LogP contribution in [-0.2, 0) is 4.74 Å². The summed E-state index contributed by atoms with van der Waals surface area (Å²) in [5.74, 6) is 1.59. The van der Waals surface area contributed by atoms with Crippen molar-refractivity contribution in [1.29, 1.82) is 0 Å². The smallest absolute Gasteiger partial charge is 0.191 e. The van der Waals surface area contributed by atoms with Crippen molar-refractivity contribution >= 4 is 46.3 Å². The Hall–Kier alpha value is -0.540. The van der Waals surface area contributed by atoms with E-state index < -0.39 is 0 Å². The molecule has 1 aromatic heterocycles. The van der Waals surface area contributed by atoms with Crippen LogP contribution in [0.25, 0.3) is 0 Å². The highest BCUT2D eigenvalue weighted by Crippen LogP contribution is 2.52. The zero-order valence-corrected chi connectivity index (χ0v) is 19.1. The molecule has 0 spiro atoms. The van der Waals surface area contributed by atoms with Crippen molar-refractivity contribution in [2.75, 3.05) is 31.6 Å². The van der Waals surface area contributed by atoms with E-state index in [2.05, 4.69) is 51.9 Å². The fourth-order valence-electron chi connectivity index (χ4n) is 4.82. The summed E-state index contributed by atoms with van der Waals surface area (Å²) in [6, 6.07) is 5.31. The third-order valence-electron chi connectivity index (χ3n) is 6.27. The molecule has 1 aliphatic carbocycles. The number of aliphatic imine (C=N–C) groups is 1. The molecule has 1 aromatic rings. The van der Waals surface area contributed by atoms with Crippen LogP contribution in [-0.4, -0.2) is 50.9 Å². The zero-order chi connectivity index (χ0) is 17.4. The molecule has 0 amide bonds. The molecule has 26 heavy (non-hydrogen) atoms. The van der Waals surface area contributed by atoms with Crippen LogP contribution < -0.4 is 15.5 Å². The summed E-state index contributed by atoms with van der Waals surface area (Å²) in [4.78, 5) is 6.99. The van der Waals surface area contributed by atoms with Crippen molar-refractivity contribution in [2.24, 2.45) is 16.3 Å².